The van der Waals surface area contributed by atoms with E-state index in [-0.39, 0.29) is 11.4 Å². The fourth-order valence-electron chi connectivity index (χ4n) is 13.0. The quantitative estimate of drug-likeness (QED) is 0.747. The van der Waals surface area contributed by atoms with Crippen LogP contribution in [0.15, 0.2) is 0 Å². The monoisotopic (exact) mass is 340 g/mol. The smallest absolute Gasteiger partial charge is 0.315 e. The Morgan fingerprint density at radius 2 is 1.60 bits per heavy atom. The van der Waals surface area contributed by atoms with E-state index < -0.39 is 11.0 Å². The summed E-state index contributed by atoms with van der Waals surface area (Å²) in [6.07, 6.45) is 6.43. The fourth-order valence-corrected chi connectivity index (χ4v) is 13.0. The van der Waals surface area contributed by atoms with Crippen molar-refractivity contribution in [2.45, 2.75) is 44.6 Å². The topological polar surface area (TPSA) is 46.5 Å². The molecule has 9 bridgehead atoms. The van der Waals surface area contributed by atoms with Gasteiger partial charge in [0.15, 0.2) is 0 Å². The van der Waals surface area contributed by atoms with Gasteiger partial charge in [-0.05, 0) is 90.8 Å². The molecule has 14 atom stereocenters. The molecule has 0 amide bonds. The Morgan fingerprint density at radius 1 is 0.920 bits per heavy atom. The van der Waals surface area contributed by atoms with Crippen molar-refractivity contribution < 1.29 is 14.6 Å². The lowest BCUT2D eigenvalue weighted by Crippen LogP contribution is -2.72. The molecule has 3 nitrogen and oxygen atoms in total. The molecular formula is C22H28O3. The third kappa shape index (κ3) is 0.822. The number of hydrogen-bond donors (Lipinski definition) is 1. The Balaban J connectivity index is 1.53. The van der Waals surface area contributed by atoms with Crippen LogP contribution in [0.5, 0.6) is 0 Å². The number of fused-ring (bicyclic) bond motifs is 1. The van der Waals surface area contributed by atoms with Crippen LogP contribution in [0.2, 0.25) is 0 Å². The van der Waals surface area contributed by atoms with E-state index in [1.54, 1.807) is 7.11 Å². The lowest BCUT2D eigenvalue weighted by atomic mass is 9.43. The molecule has 1 N–H and O–H groups in total. The fraction of sp³-hybridized carbons (Fsp3) is 0.955. The summed E-state index contributed by atoms with van der Waals surface area (Å²) in [5, 5.41) is 12.6. The molecule has 0 saturated heterocycles. The van der Waals surface area contributed by atoms with E-state index in [4.69, 9.17) is 4.74 Å². The lowest BCUT2D eigenvalue weighted by Gasteiger charge is -2.62. The molecule has 0 aromatic rings. The van der Waals surface area contributed by atoms with E-state index in [1.165, 1.54) is 32.1 Å². The molecule has 9 rings (SSSR count). The minimum absolute atomic E-state index is 0.00220. The van der Waals surface area contributed by atoms with E-state index in [2.05, 4.69) is 6.92 Å². The Hall–Kier alpha value is -0.570. The van der Waals surface area contributed by atoms with Crippen LogP contribution in [0.25, 0.3) is 0 Å². The van der Waals surface area contributed by atoms with E-state index in [0.717, 1.165) is 29.6 Å². The van der Waals surface area contributed by atoms with Gasteiger partial charge < -0.3 is 9.84 Å². The second-order valence-electron chi connectivity index (χ2n) is 11.4. The maximum atomic E-state index is 13.6. The second kappa shape index (κ2) is 3.34. The minimum atomic E-state index is -0.761. The van der Waals surface area contributed by atoms with Crippen molar-refractivity contribution in [2.75, 3.05) is 7.11 Å². The van der Waals surface area contributed by atoms with Gasteiger partial charge in [0.05, 0.1) is 12.7 Å². The highest BCUT2D eigenvalue weighted by molar-refractivity contribution is 5.83. The average Bonchev–Trinajstić information content (AvgIpc) is 3.34. The van der Waals surface area contributed by atoms with Crippen molar-refractivity contribution in [3.05, 3.63) is 0 Å². The van der Waals surface area contributed by atoms with Crippen molar-refractivity contribution in [3.8, 4) is 0 Å². The lowest BCUT2D eigenvalue weighted by molar-refractivity contribution is -0.262. The molecule has 9 aliphatic rings. The zero-order chi connectivity index (χ0) is 16.7. The van der Waals surface area contributed by atoms with Gasteiger partial charge in [0, 0.05) is 5.41 Å². The van der Waals surface area contributed by atoms with Gasteiger partial charge in [-0.2, -0.15) is 0 Å². The number of hydrogen-bond acceptors (Lipinski definition) is 3. The summed E-state index contributed by atoms with van der Waals surface area (Å²) < 4.78 is 5.56. The predicted octanol–water partition coefficient (Wildman–Crippen LogP) is 2.72. The maximum Gasteiger partial charge on any atom is 0.315 e. The van der Waals surface area contributed by atoms with Crippen LogP contribution in [0, 0.1) is 75.9 Å². The molecule has 3 heteroatoms. The van der Waals surface area contributed by atoms with Crippen LogP contribution in [0.4, 0.5) is 0 Å². The maximum absolute atomic E-state index is 13.6. The molecule has 0 spiro atoms. The summed E-state index contributed by atoms with van der Waals surface area (Å²) in [6, 6.07) is 0. The third-order valence-electron chi connectivity index (χ3n) is 12.2. The zero-order valence-corrected chi connectivity index (χ0v) is 15.2. The Kier molecular flexibility index (Phi) is 1.81. The highest BCUT2D eigenvalue weighted by atomic mass is 16.5. The molecule has 0 heterocycles. The van der Waals surface area contributed by atoms with Crippen LogP contribution in [0.1, 0.15) is 39.0 Å². The predicted molar refractivity (Wildman–Crippen MR) is 89.0 cm³/mol. The number of esters is 1. The van der Waals surface area contributed by atoms with Gasteiger partial charge in [0.2, 0.25) is 0 Å². The molecule has 0 radical (unpaired) electrons. The van der Waals surface area contributed by atoms with E-state index in [0.29, 0.717) is 35.5 Å². The van der Waals surface area contributed by atoms with Crippen LogP contribution < -0.4 is 0 Å². The number of methoxy groups -OCH3 is 1. The summed E-state index contributed by atoms with van der Waals surface area (Å²) in [5.41, 5.74) is -1.30. The first-order valence-electron chi connectivity index (χ1n) is 10.9. The van der Waals surface area contributed by atoms with Gasteiger partial charge in [0.1, 0.15) is 5.41 Å². The molecule has 25 heavy (non-hydrogen) atoms. The van der Waals surface area contributed by atoms with Crippen LogP contribution in [-0.2, 0) is 9.53 Å². The van der Waals surface area contributed by atoms with Crippen LogP contribution >= 0.6 is 0 Å². The van der Waals surface area contributed by atoms with E-state index in [9.17, 15) is 9.90 Å². The van der Waals surface area contributed by atoms with Crippen molar-refractivity contribution >= 4 is 5.97 Å². The van der Waals surface area contributed by atoms with Gasteiger partial charge in [-0.1, -0.05) is 13.3 Å². The number of ether oxygens (including phenoxy) is 1. The number of aliphatic hydroxyl groups is 1. The molecular weight excluding hydrogens is 312 g/mol. The number of rotatable bonds is 1. The highest BCUT2D eigenvalue weighted by Gasteiger charge is 3.01. The van der Waals surface area contributed by atoms with Gasteiger partial charge in [0.25, 0.3) is 0 Å². The van der Waals surface area contributed by atoms with Crippen molar-refractivity contribution in [3.63, 3.8) is 0 Å². The summed E-state index contributed by atoms with van der Waals surface area (Å²) in [5.74, 6) is 7.12. The second-order valence-corrected chi connectivity index (χ2v) is 11.4. The van der Waals surface area contributed by atoms with Gasteiger partial charge in [-0.25, -0.2) is 0 Å². The number of carbonyl (C=O) groups excluding carboxylic acids is 1. The van der Waals surface area contributed by atoms with Crippen molar-refractivity contribution in [1.29, 1.82) is 0 Å². The summed E-state index contributed by atoms with van der Waals surface area (Å²) in [4.78, 5) is 13.6. The third-order valence-corrected chi connectivity index (χ3v) is 12.2. The molecule has 134 valence electrons. The highest BCUT2D eigenvalue weighted by Crippen LogP contribution is 2.98. The van der Waals surface area contributed by atoms with E-state index >= 15 is 0 Å². The molecule has 0 unspecified atom stereocenters. The SMILES string of the molecule is COC(=O)[C@]12[C@@H]3[C@H]4CCC[C@H]4[C@@H]4[C@H]3[C@@H]3[C@@H]5[C@@H]6[C@@H](CC[C@H]6[C@]1(O)[C@@]54C)[C@@H]32. The van der Waals surface area contributed by atoms with Crippen LogP contribution in [0.3, 0.4) is 0 Å². The summed E-state index contributed by atoms with van der Waals surface area (Å²) in [7, 11) is 1.58. The standard InChI is InChI=1S/C22H28O3/c1-20-15-8-4-3-5-9(8)16-13(15)14-17-10-6-7-11(12(10)18(14)20)22(20,24)21(16,17)19(23)25-2/h8-18,24H,3-7H2,1-2H3/t8-,9+,10-,11-,12-,13-,14+,15-,16-,17+,18+,20-,21-,22+/m1/s1. The zero-order valence-electron chi connectivity index (χ0n) is 15.2. The summed E-state index contributed by atoms with van der Waals surface area (Å²) >= 11 is 0. The molecule has 0 aromatic heterocycles. The first-order valence-corrected chi connectivity index (χ1v) is 10.9. The molecule has 9 saturated carbocycles. The average molecular weight is 340 g/mol. The first kappa shape index (κ1) is 13.6. The van der Waals surface area contributed by atoms with Gasteiger partial charge >= 0.3 is 5.97 Å². The normalized spacial score (nSPS) is 76.8. The Labute approximate surface area is 148 Å². The minimum Gasteiger partial charge on any atom is -0.468 e. The van der Waals surface area contributed by atoms with Crippen molar-refractivity contribution in [1.82, 2.24) is 0 Å². The van der Waals surface area contributed by atoms with E-state index in [1.807, 2.05) is 0 Å². The summed E-state index contributed by atoms with van der Waals surface area (Å²) in [6.45, 7) is 2.45. The number of carbonyl (C=O) groups is 1. The molecule has 9 aliphatic carbocycles. The molecule has 9 fully saturated rings. The largest absolute Gasteiger partial charge is 0.468 e. The Bertz CT molecular complexity index is 762. The van der Waals surface area contributed by atoms with Crippen LogP contribution in [-0.4, -0.2) is 23.8 Å². The molecule has 0 aliphatic heterocycles. The van der Waals surface area contributed by atoms with Gasteiger partial charge in [-0.3, -0.25) is 4.79 Å². The first-order chi connectivity index (χ1) is 12.1. The Morgan fingerprint density at radius 3 is 2.36 bits per heavy atom. The van der Waals surface area contributed by atoms with Gasteiger partial charge in [-0.15, -0.1) is 0 Å². The van der Waals surface area contributed by atoms with Crippen molar-refractivity contribution in [2.24, 2.45) is 75.9 Å². The molecule has 0 aromatic carbocycles.